The molecule has 0 spiro atoms. The fraction of sp³-hybridized carbons (Fsp3) is 0.750. The van der Waals surface area contributed by atoms with Crippen molar-refractivity contribution in [1.82, 2.24) is 9.80 Å². The lowest BCUT2D eigenvalue weighted by Gasteiger charge is -2.31. The van der Waals surface area contributed by atoms with E-state index in [0.717, 1.165) is 30.4 Å². The Bertz CT molecular complexity index is 305. The van der Waals surface area contributed by atoms with Gasteiger partial charge in [0, 0.05) is 38.3 Å². The van der Waals surface area contributed by atoms with Crippen LogP contribution in [0.5, 0.6) is 0 Å². The van der Waals surface area contributed by atoms with Crippen LogP contribution in [-0.4, -0.2) is 56.2 Å². The van der Waals surface area contributed by atoms with Gasteiger partial charge in [0.1, 0.15) is 0 Å². The molecule has 0 saturated carbocycles. The van der Waals surface area contributed by atoms with Gasteiger partial charge in [-0.1, -0.05) is 21.5 Å². The summed E-state index contributed by atoms with van der Waals surface area (Å²) in [6.45, 7) is 5.05. The van der Waals surface area contributed by atoms with Crippen molar-refractivity contribution in [3.8, 4) is 0 Å². The molecule has 1 aliphatic rings. The summed E-state index contributed by atoms with van der Waals surface area (Å²) >= 11 is 3.52. The van der Waals surface area contributed by atoms with E-state index in [-0.39, 0.29) is 6.03 Å². The van der Waals surface area contributed by atoms with Crippen LogP contribution in [0.1, 0.15) is 19.8 Å². The van der Waals surface area contributed by atoms with Crippen LogP contribution in [0, 0.1) is 0 Å². The highest BCUT2D eigenvalue weighted by Gasteiger charge is 2.22. The summed E-state index contributed by atoms with van der Waals surface area (Å²) < 4.78 is 6.12. The number of urea groups is 1. The second-order valence-electron chi connectivity index (χ2n) is 4.41. The van der Waals surface area contributed by atoms with Gasteiger partial charge in [-0.25, -0.2) is 4.79 Å². The Kier molecular flexibility index (Phi) is 5.98. The van der Waals surface area contributed by atoms with E-state index in [2.05, 4.69) is 22.9 Å². The van der Waals surface area contributed by atoms with Crippen LogP contribution in [-0.2, 0) is 4.74 Å². The van der Waals surface area contributed by atoms with Crippen LogP contribution in [0.2, 0.25) is 0 Å². The predicted molar refractivity (Wildman–Crippen MR) is 72.3 cm³/mol. The second kappa shape index (κ2) is 7.01. The van der Waals surface area contributed by atoms with Gasteiger partial charge < -0.3 is 14.5 Å². The lowest BCUT2D eigenvalue weighted by Crippen LogP contribution is -2.44. The Balaban J connectivity index is 2.42. The van der Waals surface area contributed by atoms with Crippen molar-refractivity contribution in [1.29, 1.82) is 0 Å². The largest absolute Gasteiger partial charge is 0.385 e. The zero-order valence-corrected chi connectivity index (χ0v) is 12.4. The maximum atomic E-state index is 12.1. The molecule has 0 bridgehead atoms. The van der Waals surface area contributed by atoms with Gasteiger partial charge in [-0.3, -0.25) is 0 Å². The van der Waals surface area contributed by atoms with Crippen LogP contribution in [0.4, 0.5) is 4.79 Å². The molecule has 0 aromatic heterocycles. The van der Waals surface area contributed by atoms with Gasteiger partial charge in [0.05, 0.1) is 6.54 Å². The highest BCUT2D eigenvalue weighted by atomic mass is 79.9. The first kappa shape index (κ1) is 14.5. The smallest absolute Gasteiger partial charge is 0.320 e. The molecule has 0 aromatic carbocycles. The van der Waals surface area contributed by atoms with Crippen molar-refractivity contribution < 1.29 is 9.53 Å². The monoisotopic (exact) mass is 304 g/mol. The first-order valence-corrected chi connectivity index (χ1v) is 6.68. The van der Waals surface area contributed by atoms with E-state index in [1.807, 2.05) is 11.9 Å². The quantitative estimate of drug-likeness (QED) is 0.747. The normalized spacial score (nSPS) is 16.4. The first-order valence-electron chi connectivity index (χ1n) is 5.89. The number of halogens is 1. The molecule has 17 heavy (non-hydrogen) atoms. The fourth-order valence-corrected chi connectivity index (χ4v) is 2.27. The molecule has 1 rings (SSSR count). The molecule has 2 amide bonds. The molecule has 0 unspecified atom stereocenters. The number of carbonyl (C=O) groups is 1. The number of methoxy groups -OCH3 is 1. The summed E-state index contributed by atoms with van der Waals surface area (Å²) in [6, 6.07) is 0.102. The predicted octanol–water partition coefficient (Wildman–Crippen LogP) is 2.45. The summed E-state index contributed by atoms with van der Waals surface area (Å²) in [5, 5.41) is 0. The minimum Gasteiger partial charge on any atom is -0.385 e. The summed E-state index contributed by atoms with van der Waals surface area (Å²) in [7, 11) is 3.52. The van der Waals surface area contributed by atoms with Crippen molar-refractivity contribution in [2.45, 2.75) is 19.8 Å². The molecule has 0 aliphatic carbocycles. The standard InChI is InChI=1S/C12H21BrN2O2/c1-10-5-7-15(9-11(10)13)12(16)14(2)6-4-8-17-3/h4-9H2,1-3H3. The molecule has 0 aromatic rings. The van der Waals surface area contributed by atoms with Crippen molar-refractivity contribution in [3.63, 3.8) is 0 Å². The maximum Gasteiger partial charge on any atom is 0.320 e. The third kappa shape index (κ3) is 4.32. The van der Waals surface area contributed by atoms with E-state index in [1.165, 1.54) is 5.57 Å². The molecule has 0 saturated heterocycles. The fourth-order valence-electron chi connectivity index (χ4n) is 1.77. The van der Waals surface area contributed by atoms with Crippen molar-refractivity contribution in [3.05, 3.63) is 10.1 Å². The van der Waals surface area contributed by atoms with Gasteiger partial charge in [0.2, 0.25) is 0 Å². The Morgan fingerprint density at radius 3 is 2.88 bits per heavy atom. The van der Waals surface area contributed by atoms with Crippen LogP contribution in [0.3, 0.4) is 0 Å². The average Bonchev–Trinajstić information content (AvgIpc) is 2.32. The highest BCUT2D eigenvalue weighted by Crippen LogP contribution is 2.22. The first-order chi connectivity index (χ1) is 8.06. The minimum atomic E-state index is 0.102. The summed E-state index contributed by atoms with van der Waals surface area (Å²) in [5.41, 5.74) is 1.34. The SMILES string of the molecule is COCCCN(C)C(=O)N1CCC(C)=C(Br)C1. The van der Waals surface area contributed by atoms with Crippen molar-refractivity contribution in [2.24, 2.45) is 0 Å². The van der Waals surface area contributed by atoms with E-state index in [9.17, 15) is 4.79 Å². The van der Waals surface area contributed by atoms with Crippen LogP contribution < -0.4 is 0 Å². The van der Waals surface area contributed by atoms with E-state index >= 15 is 0 Å². The average molecular weight is 305 g/mol. The van der Waals surface area contributed by atoms with Crippen molar-refractivity contribution in [2.75, 3.05) is 40.4 Å². The minimum absolute atomic E-state index is 0.102. The molecule has 1 heterocycles. The Morgan fingerprint density at radius 1 is 1.59 bits per heavy atom. The molecule has 0 N–H and O–H groups in total. The van der Waals surface area contributed by atoms with Crippen LogP contribution in [0.15, 0.2) is 10.1 Å². The molecule has 5 heteroatoms. The second-order valence-corrected chi connectivity index (χ2v) is 5.36. The van der Waals surface area contributed by atoms with Gasteiger partial charge in [-0.05, 0) is 19.8 Å². The lowest BCUT2D eigenvalue weighted by atomic mass is 10.1. The zero-order valence-electron chi connectivity index (χ0n) is 10.8. The molecular weight excluding hydrogens is 284 g/mol. The summed E-state index contributed by atoms with van der Waals surface area (Å²) in [4.78, 5) is 15.8. The van der Waals surface area contributed by atoms with Crippen molar-refractivity contribution >= 4 is 22.0 Å². The number of rotatable bonds is 4. The summed E-state index contributed by atoms with van der Waals surface area (Å²) in [6.07, 6.45) is 1.83. The number of hydrogen-bond acceptors (Lipinski definition) is 2. The third-order valence-electron chi connectivity index (χ3n) is 2.99. The van der Waals surface area contributed by atoms with E-state index < -0.39 is 0 Å². The Labute approximate surface area is 112 Å². The lowest BCUT2D eigenvalue weighted by molar-refractivity contribution is 0.153. The van der Waals surface area contributed by atoms with Gasteiger partial charge in [-0.2, -0.15) is 0 Å². The Morgan fingerprint density at radius 2 is 2.29 bits per heavy atom. The molecule has 0 atom stereocenters. The number of carbonyl (C=O) groups excluding carboxylic acids is 1. The Hall–Kier alpha value is -0.550. The van der Waals surface area contributed by atoms with Crippen LogP contribution in [0.25, 0.3) is 0 Å². The zero-order chi connectivity index (χ0) is 12.8. The summed E-state index contributed by atoms with van der Waals surface area (Å²) in [5.74, 6) is 0. The molecule has 0 radical (unpaired) electrons. The third-order valence-corrected chi connectivity index (χ3v) is 3.92. The van der Waals surface area contributed by atoms with E-state index in [1.54, 1.807) is 12.0 Å². The number of hydrogen-bond donors (Lipinski definition) is 0. The molecule has 98 valence electrons. The van der Waals surface area contributed by atoms with Gasteiger partial charge in [0.15, 0.2) is 0 Å². The van der Waals surface area contributed by atoms with Crippen LogP contribution >= 0.6 is 15.9 Å². The molecule has 0 fully saturated rings. The molecule has 4 nitrogen and oxygen atoms in total. The van der Waals surface area contributed by atoms with E-state index in [0.29, 0.717) is 13.2 Å². The highest BCUT2D eigenvalue weighted by molar-refractivity contribution is 9.11. The van der Waals surface area contributed by atoms with Gasteiger partial charge >= 0.3 is 6.03 Å². The molecular formula is C12H21BrN2O2. The molecule has 1 aliphatic heterocycles. The van der Waals surface area contributed by atoms with E-state index in [4.69, 9.17) is 4.74 Å². The van der Waals surface area contributed by atoms with Gasteiger partial charge in [-0.15, -0.1) is 0 Å². The number of nitrogens with zero attached hydrogens (tertiary/aromatic N) is 2. The topological polar surface area (TPSA) is 32.8 Å². The maximum absolute atomic E-state index is 12.1. The number of ether oxygens (including phenoxy) is 1. The number of amides is 2. The van der Waals surface area contributed by atoms with Gasteiger partial charge in [0.25, 0.3) is 0 Å².